The number of aliphatic carboxylic acids is 1. The van der Waals surface area contributed by atoms with E-state index >= 15 is 0 Å². The Balaban J connectivity index is 2.01. The molecule has 1 amide bonds. The number of aliphatic hydroxyl groups is 1. The number of amides is 1. The number of carbonyl (C=O) groups is 2. The zero-order valence-electron chi connectivity index (χ0n) is 24.7. The number of nitrogens with one attached hydrogen (secondary N) is 4. The third kappa shape index (κ3) is 13.4. The summed E-state index contributed by atoms with van der Waals surface area (Å²) in [6, 6.07) is -0.589. The van der Waals surface area contributed by atoms with Gasteiger partial charge in [-0.15, -0.1) is 6.58 Å². The Hall–Kier alpha value is -1.74. The van der Waals surface area contributed by atoms with Gasteiger partial charge in [-0.05, 0) is 69.7 Å². The molecule has 0 aromatic carbocycles. The molecule has 5 unspecified atom stereocenters. The Morgan fingerprint density at radius 1 is 1.08 bits per heavy atom. The first-order valence-corrected chi connectivity index (χ1v) is 15.4. The van der Waals surface area contributed by atoms with Gasteiger partial charge in [-0.1, -0.05) is 57.3 Å². The van der Waals surface area contributed by atoms with E-state index in [1.807, 2.05) is 6.08 Å². The summed E-state index contributed by atoms with van der Waals surface area (Å²) in [5.74, 6) is 0.235. The Bertz CT molecular complexity index is 766. The SMILES string of the molecule is C=CC1CC(NC(O)C(CC(=O)O)NCCNC(=O)CC2CCCCC2)C(NCC(C)C)CCCC/C=C\1C. The second kappa shape index (κ2) is 18.6. The van der Waals surface area contributed by atoms with Crippen LogP contribution in [0.2, 0.25) is 0 Å². The van der Waals surface area contributed by atoms with Gasteiger partial charge in [0, 0.05) is 31.6 Å². The molecule has 39 heavy (non-hydrogen) atoms. The normalized spacial score (nSPS) is 26.3. The molecule has 0 spiro atoms. The van der Waals surface area contributed by atoms with Crippen LogP contribution in [-0.2, 0) is 9.59 Å². The fraction of sp³-hybridized carbons (Fsp3) is 0.806. The average molecular weight is 549 g/mol. The molecular formula is C31H56N4O4. The first-order chi connectivity index (χ1) is 18.7. The van der Waals surface area contributed by atoms with Crippen LogP contribution in [0.3, 0.4) is 0 Å². The van der Waals surface area contributed by atoms with Gasteiger partial charge in [-0.3, -0.25) is 14.9 Å². The van der Waals surface area contributed by atoms with Gasteiger partial charge in [0.05, 0.1) is 12.5 Å². The smallest absolute Gasteiger partial charge is 0.305 e. The Morgan fingerprint density at radius 3 is 2.46 bits per heavy atom. The number of hydrogen-bond donors (Lipinski definition) is 6. The molecule has 0 radical (unpaired) electrons. The third-order valence-corrected chi connectivity index (χ3v) is 8.30. The lowest BCUT2D eigenvalue weighted by Crippen LogP contribution is -2.58. The second-order valence-electron chi connectivity index (χ2n) is 12.2. The highest BCUT2D eigenvalue weighted by atomic mass is 16.4. The van der Waals surface area contributed by atoms with Crippen molar-refractivity contribution >= 4 is 11.9 Å². The standard InChI is InChI=1S/C31H56N4O4/c1-5-25-19-27(26(34-21-22(2)3)15-11-6-8-12-23(25)4)35-31(39)28(20-30(37)38)32-16-17-33-29(36)18-24-13-9-7-10-14-24/h5,12,22,24-28,31-32,34-35,39H,1,6-11,13-21H2,2-4H3,(H,33,36)(H,37,38)/b23-12-. The van der Waals surface area contributed by atoms with Crippen molar-refractivity contribution in [2.24, 2.45) is 17.8 Å². The predicted molar refractivity (Wildman–Crippen MR) is 158 cm³/mol. The van der Waals surface area contributed by atoms with Crippen LogP contribution in [0.15, 0.2) is 24.3 Å². The molecule has 0 aliphatic heterocycles. The van der Waals surface area contributed by atoms with Gasteiger partial charge < -0.3 is 26.2 Å². The predicted octanol–water partition coefficient (Wildman–Crippen LogP) is 4.11. The van der Waals surface area contributed by atoms with Gasteiger partial charge in [-0.2, -0.15) is 0 Å². The maximum atomic E-state index is 12.4. The summed E-state index contributed by atoms with van der Waals surface area (Å²) in [5, 5.41) is 34.1. The van der Waals surface area contributed by atoms with E-state index in [-0.39, 0.29) is 30.3 Å². The molecule has 2 aliphatic rings. The first-order valence-electron chi connectivity index (χ1n) is 15.4. The minimum absolute atomic E-state index is 0.0524. The lowest BCUT2D eigenvalue weighted by Gasteiger charge is -2.36. The fourth-order valence-electron chi connectivity index (χ4n) is 5.92. The molecule has 1 saturated carbocycles. The van der Waals surface area contributed by atoms with Crippen LogP contribution < -0.4 is 21.3 Å². The van der Waals surface area contributed by atoms with Gasteiger partial charge in [-0.25, -0.2) is 0 Å². The number of carbonyl (C=O) groups excluding carboxylic acids is 1. The summed E-state index contributed by atoms with van der Waals surface area (Å²) in [4.78, 5) is 24.0. The number of allylic oxidation sites excluding steroid dienone is 3. The molecule has 0 aromatic heterocycles. The molecular weight excluding hydrogens is 492 g/mol. The number of rotatable bonds is 15. The lowest BCUT2D eigenvalue weighted by molar-refractivity contribution is -0.138. The summed E-state index contributed by atoms with van der Waals surface area (Å²) < 4.78 is 0. The van der Waals surface area contributed by atoms with Crippen LogP contribution in [0.5, 0.6) is 0 Å². The van der Waals surface area contributed by atoms with Gasteiger partial charge in [0.25, 0.3) is 0 Å². The summed E-state index contributed by atoms with van der Waals surface area (Å²) in [6.07, 6.45) is 14.5. The first kappa shape index (κ1) is 33.5. The molecule has 8 nitrogen and oxygen atoms in total. The van der Waals surface area contributed by atoms with Gasteiger partial charge in [0.1, 0.15) is 6.23 Å². The van der Waals surface area contributed by atoms with Gasteiger partial charge in [0.2, 0.25) is 5.91 Å². The van der Waals surface area contributed by atoms with Crippen molar-refractivity contribution in [3.63, 3.8) is 0 Å². The quantitative estimate of drug-likeness (QED) is 0.103. The second-order valence-corrected chi connectivity index (χ2v) is 12.2. The molecule has 0 heterocycles. The van der Waals surface area contributed by atoms with Crippen molar-refractivity contribution in [3.8, 4) is 0 Å². The van der Waals surface area contributed by atoms with Crippen LogP contribution in [0.1, 0.15) is 97.8 Å². The third-order valence-electron chi connectivity index (χ3n) is 8.30. The summed E-state index contributed by atoms with van der Waals surface area (Å²) in [5.41, 5.74) is 1.29. The van der Waals surface area contributed by atoms with Crippen LogP contribution in [0, 0.1) is 17.8 Å². The highest BCUT2D eigenvalue weighted by Gasteiger charge is 2.30. The monoisotopic (exact) mass is 548 g/mol. The van der Waals surface area contributed by atoms with Crippen LogP contribution in [-0.4, -0.2) is 66.1 Å². The molecule has 0 saturated heterocycles. The van der Waals surface area contributed by atoms with Crippen molar-refractivity contribution in [2.75, 3.05) is 19.6 Å². The average Bonchev–Trinajstić information content (AvgIpc) is 2.89. The lowest BCUT2D eigenvalue weighted by atomic mass is 9.85. The Morgan fingerprint density at radius 2 is 1.79 bits per heavy atom. The van der Waals surface area contributed by atoms with E-state index < -0.39 is 18.2 Å². The molecule has 2 rings (SSSR count). The van der Waals surface area contributed by atoms with Crippen molar-refractivity contribution in [2.45, 2.75) is 122 Å². The molecule has 224 valence electrons. The van der Waals surface area contributed by atoms with Crippen LogP contribution >= 0.6 is 0 Å². The molecule has 6 N–H and O–H groups in total. The van der Waals surface area contributed by atoms with E-state index in [0.717, 1.165) is 51.5 Å². The van der Waals surface area contributed by atoms with E-state index in [9.17, 15) is 19.8 Å². The van der Waals surface area contributed by atoms with Crippen molar-refractivity contribution in [1.29, 1.82) is 0 Å². The van der Waals surface area contributed by atoms with E-state index in [1.54, 1.807) is 0 Å². The highest BCUT2D eigenvalue weighted by Crippen LogP contribution is 2.26. The van der Waals surface area contributed by atoms with E-state index in [1.165, 1.54) is 24.8 Å². The van der Waals surface area contributed by atoms with E-state index in [2.05, 4.69) is 54.7 Å². The summed E-state index contributed by atoms with van der Waals surface area (Å²) in [7, 11) is 0. The number of carboxylic acids is 1. The summed E-state index contributed by atoms with van der Waals surface area (Å²) >= 11 is 0. The van der Waals surface area contributed by atoms with Crippen LogP contribution in [0.25, 0.3) is 0 Å². The highest BCUT2D eigenvalue weighted by molar-refractivity contribution is 5.76. The molecule has 1 fully saturated rings. The van der Waals surface area contributed by atoms with Crippen LogP contribution in [0.4, 0.5) is 0 Å². The summed E-state index contributed by atoms with van der Waals surface area (Å²) in [6.45, 7) is 12.3. The van der Waals surface area contributed by atoms with E-state index in [4.69, 9.17) is 0 Å². The number of aliphatic hydroxyl groups excluding tert-OH is 1. The maximum Gasteiger partial charge on any atom is 0.305 e. The molecule has 2 aliphatic carbocycles. The number of carboxylic acid groups (broad SMARTS) is 1. The van der Waals surface area contributed by atoms with Crippen molar-refractivity contribution < 1.29 is 19.8 Å². The van der Waals surface area contributed by atoms with E-state index in [0.29, 0.717) is 31.3 Å². The zero-order chi connectivity index (χ0) is 28.6. The molecule has 0 aromatic rings. The Kier molecular flexibility index (Phi) is 15.9. The minimum Gasteiger partial charge on any atom is -0.481 e. The molecule has 5 atom stereocenters. The minimum atomic E-state index is -1.05. The number of hydrogen-bond acceptors (Lipinski definition) is 6. The van der Waals surface area contributed by atoms with Gasteiger partial charge in [0.15, 0.2) is 0 Å². The topological polar surface area (TPSA) is 123 Å². The van der Waals surface area contributed by atoms with Crippen molar-refractivity contribution in [3.05, 3.63) is 24.3 Å². The maximum absolute atomic E-state index is 12.4. The molecule has 8 heteroatoms. The van der Waals surface area contributed by atoms with Crippen molar-refractivity contribution in [1.82, 2.24) is 21.3 Å². The Labute approximate surface area is 236 Å². The largest absolute Gasteiger partial charge is 0.481 e. The zero-order valence-corrected chi connectivity index (χ0v) is 24.7. The van der Waals surface area contributed by atoms with Gasteiger partial charge >= 0.3 is 5.97 Å². The molecule has 0 bridgehead atoms. The fourth-order valence-corrected chi connectivity index (χ4v) is 5.92.